The molecule has 0 aliphatic heterocycles. The number of nitrogens with zero attached hydrogens (tertiary/aromatic N) is 2. The van der Waals surface area contributed by atoms with Crippen molar-refractivity contribution in [2.45, 2.75) is 58.9 Å². The molecule has 0 N–H and O–H groups in total. The molecule has 0 radical (unpaired) electrons. The van der Waals surface area contributed by atoms with Gasteiger partial charge >= 0.3 is 0 Å². The summed E-state index contributed by atoms with van der Waals surface area (Å²) < 4.78 is 1.91. The summed E-state index contributed by atoms with van der Waals surface area (Å²) in [7, 11) is 0. The van der Waals surface area contributed by atoms with Crippen LogP contribution in [0.15, 0.2) is 12.4 Å². The fourth-order valence-corrected chi connectivity index (χ4v) is 1.82. The fraction of sp³-hybridized carbons (Fsp3) is 0.692. The number of imidazole rings is 1. The number of rotatable bonds is 8. The van der Waals surface area contributed by atoms with Crippen molar-refractivity contribution in [2.24, 2.45) is 0 Å². The van der Waals surface area contributed by atoms with Gasteiger partial charge in [0.25, 0.3) is 0 Å². The molecule has 90 valence electrons. The van der Waals surface area contributed by atoms with Crippen LogP contribution in [0.2, 0.25) is 0 Å². The second-order valence-electron chi connectivity index (χ2n) is 4.12. The van der Waals surface area contributed by atoms with Gasteiger partial charge in [0.15, 0.2) is 11.6 Å². The topological polar surface area (TPSA) is 34.9 Å². The first-order valence-electron chi connectivity index (χ1n) is 6.34. The first-order valence-corrected chi connectivity index (χ1v) is 6.34. The highest BCUT2D eigenvalue weighted by Crippen LogP contribution is 2.09. The molecule has 0 spiro atoms. The molecule has 0 amide bonds. The lowest BCUT2D eigenvalue weighted by Gasteiger charge is -2.03. The molecule has 0 fully saturated rings. The quantitative estimate of drug-likeness (QED) is 0.499. The molecule has 1 rings (SSSR count). The minimum absolute atomic E-state index is 0.184. The number of Topliss-reactive ketones (excluding diaryl/α,β-unsaturated/α-hetero) is 1. The molecule has 0 aliphatic rings. The second kappa shape index (κ2) is 7.20. The van der Waals surface area contributed by atoms with Gasteiger partial charge in [0.1, 0.15) is 0 Å². The van der Waals surface area contributed by atoms with Crippen molar-refractivity contribution in [2.75, 3.05) is 0 Å². The summed E-state index contributed by atoms with van der Waals surface area (Å²) in [5.74, 6) is 0.807. The first kappa shape index (κ1) is 12.9. The van der Waals surface area contributed by atoms with E-state index in [2.05, 4.69) is 11.9 Å². The van der Waals surface area contributed by atoms with Gasteiger partial charge in [-0.1, -0.05) is 32.6 Å². The van der Waals surface area contributed by atoms with Gasteiger partial charge in [-0.15, -0.1) is 0 Å². The molecule has 1 aromatic rings. The summed E-state index contributed by atoms with van der Waals surface area (Å²) >= 11 is 0. The van der Waals surface area contributed by atoms with Gasteiger partial charge in [0.2, 0.25) is 0 Å². The number of ketones is 1. The summed E-state index contributed by atoms with van der Waals surface area (Å²) in [5.41, 5.74) is 0. The Balaban J connectivity index is 2.30. The molecule has 0 atom stereocenters. The van der Waals surface area contributed by atoms with Crippen molar-refractivity contribution in [1.29, 1.82) is 0 Å². The molecule has 3 heteroatoms. The van der Waals surface area contributed by atoms with Crippen LogP contribution >= 0.6 is 0 Å². The highest BCUT2D eigenvalue weighted by Gasteiger charge is 2.10. The second-order valence-corrected chi connectivity index (χ2v) is 4.12. The van der Waals surface area contributed by atoms with Gasteiger partial charge in [0, 0.05) is 25.4 Å². The van der Waals surface area contributed by atoms with Crippen LogP contribution in [0.3, 0.4) is 0 Å². The van der Waals surface area contributed by atoms with Gasteiger partial charge < -0.3 is 4.57 Å². The molecule has 1 aromatic heterocycles. The predicted molar refractivity (Wildman–Crippen MR) is 65.6 cm³/mol. The standard InChI is InChI=1S/C13H22N2O/c1-3-5-6-7-8-9-12(16)13-14-10-11-15(13)4-2/h10-11H,3-9H2,1-2H3. The van der Waals surface area contributed by atoms with Crippen molar-refractivity contribution in [3.63, 3.8) is 0 Å². The van der Waals surface area contributed by atoms with E-state index in [1.165, 1.54) is 19.3 Å². The van der Waals surface area contributed by atoms with Crippen molar-refractivity contribution in [1.82, 2.24) is 9.55 Å². The predicted octanol–water partition coefficient (Wildman–Crippen LogP) is 3.45. The zero-order valence-corrected chi connectivity index (χ0v) is 10.4. The smallest absolute Gasteiger partial charge is 0.198 e. The molecular formula is C13H22N2O. The molecule has 3 nitrogen and oxygen atoms in total. The van der Waals surface area contributed by atoms with E-state index in [4.69, 9.17) is 0 Å². The Morgan fingerprint density at radius 2 is 2.00 bits per heavy atom. The van der Waals surface area contributed by atoms with Gasteiger partial charge in [0.05, 0.1) is 0 Å². The zero-order valence-electron chi connectivity index (χ0n) is 10.4. The molecule has 0 saturated carbocycles. The molecule has 0 bridgehead atoms. The van der Waals surface area contributed by atoms with Crippen LogP contribution in [0, 0.1) is 0 Å². The lowest BCUT2D eigenvalue weighted by Crippen LogP contribution is -2.09. The van der Waals surface area contributed by atoms with Crippen LogP contribution in [0.5, 0.6) is 0 Å². The number of carbonyl (C=O) groups excluding carboxylic acids is 1. The summed E-state index contributed by atoms with van der Waals surface area (Å²) in [6, 6.07) is 0. The van der Waals surface area contributed by atoms with Gasteiger partial charge in [-0.3, -0.25) is 4.79 Å². The van der Waals surface area contributed by atoms with Crippen molar-refractivity contribution >= 4 is 5.78 Å². The average Bonchev–Trinajstić information content (AvgIpc) is 2.76. The monoisotopic (exact) mass is 222 g/mol. The summed E-state index contributed by atoms with van der Waals surface area (Å²) in [5, 5.41) is 0. The SMILES string of the molecule is CCCCCCCC(=O)c1nccn1CC. The van der Waals surface area contributed by atoms with Crippen LogP contribution < -0.4 is 0 Å². The summed E-state index contributed by atoms with van der Waals surface area (Å²) in [4.78, 5) is 16.0. The van der Waals surface area contributed by atoms with Gasteiger partial charge in [-0.25, -0.2) is 4.98 Å². The van der Waals surface area contributed by atoms with Crippen LogP contribution in [0.25, 0.3) is 0 Å². The Labute approximate surface area is 97.9 Å². The zero-order chi connectivity index (χ0) is 11.8. The Kier molecular flexibility index (Phi) is 5.83. The van der Waals surface area contributed by atoms with Crippen LogP contribution in [-0.2, 0) is 6.54 Å². The van der Waals surface area contributed by atoms with Crippen LogP contribution in [-0.4, -0.2) is 15.3 Å². The maximum absolute atomic E-state index is 11.8. The lowest BCUT2D eigenvalue weighted by atomic mass is 10.1. The van der Waals surface area contributed by atoms with E-state index >= 15 is 0 Å². The number of unbranched alkanes of at least 4 members (excludes halogenated alkanes) is 4. The maximum atomic E-state index is 11.8. The number of aryl methyl sites for hydroxylation is 1. The van der Waals surface area contributed by atoms with E-state index in [-0.39, 0.29) is 5.78 Å². The van der Waals surface area contributed by atoms with Crippen LogP contribution in [0.4, 0.5) is 0 Å². The van der Waals surface area contributed by atoms with E-state index in [1.807, 2.05) is 17.7 Å². The number of hydrogen-bond donors (Lipinski definition) is 0. The summed E-state index contributed by atoms with van der Waals surface area (Å²) in [6.07, 6.45) is 10.1. The Morgan fingerprint density at radius 3 is 2.69 bits per heavy atom. The molecule has 1 heterocycles. The minimum Gasteiger partial charge on any atom is -0.329 e. The first-order chi connectivity index (χ1) is 7.79. The average molecular weight is 222 g/mol. The van der Waals surface area contributed by atoms with Crippen molar-refractivity contribution in [3.05, 3.63) is 18.2 Å². The van der Waals surface area contributed by atoms with E-state index in [0.717, 1.165) is 19.4 Å². The Bertz CT molecular complexity index is 317. The molecule has 16 heavy (non-hydrogen) atoms. The normalized spacial score (nSPS) is 10.6. The van der Waals surface area contributed by atoms with Crippen molar-refractivity contribution in [3.8, 4) is 0 Å². The van der Waals surface area contributed by atoms with E-state index in [9.17, 15) is 4.79 Å². The number of aromatic nitrogens is 2. The van der Waals surface area contributed by atoms with Crippen LogP contribution in [0.1, 0.15) is 63.0 Å². The molecule has 0 unspecified atom stereocenters. The Hall–Kier alpha value is -1.12. The van der Waals surface area contributed by atoms with E-state index in [1.54, 1.807) is 6.20 Å². The highest BCUT2D eigenvalue weighted by molar-refractivity contribution is 5.92. The largest absolute Gasteiger partial charge is 0.329 e. The lowest BCUT2D eigenvalue weighted by molar-refractivity contribution is 0.0965. The third kappa shape index (κ3) is 3.80. The van der Waals surface area contributed by atoms with E-state index < -0.39 is 0 Å². The molecule has 0 aromatic carbocycles. The van der Waals surface area contributed by atoms with Crippen molar-refractivity contribution < 1.29 is 4.79 Å². The fourth-order valence-electron chi connectivity index (χ4n) is 1.82. The number of carbonyl (C=O) groups is 1. The maximum Gasteiger partial charge on any atom is 0.198 e. The Morgan fingerprint density at radius 1 is 1.25 bits per heavy atom. The van der Waals surface area contributed by atoms with Gasteiger partial charge in [-0.05, 0) is 13.3 Å². The van der Waals surface area contributed by atoms with E-state index in [0.29, 0.717) is 12.2 Å². The van der Waals surface area contributed by atoms with Gasteiger partial charge in [-0.2, -0.15) is 0 Å². The third-order valence-electron chi connectivity index (χ3n) is 2.81. The third-order valence-corrected chi connectivity index (χ3v) is 2.81. The summed E-state index contributed by atoms with van der Waals surface area (Å²) in [6.45, 7) is 5.04. The molecule has 0 aliphatic carbocycles. The molecule has 0 saturated heterocycles. The minimum atomic E-state index is 0.184. The molecular weight excluding hydrogens is 200 g/mol. The highest BCUT2D eigenvalue weighted by atomic mass is 16.1. The number of hydrogen-bond acceptors (Lipinski definition) is 2.